The van der Waals surface area contributed by atoms with Crippen molar-refractivity contribution in [1.29, 1.82) is 0 Å². The lowest BCUT2D eigenvalue weighted by molar-refractivity contribution is 0.103. The largest absolute Gasteiger partial charge is 0.486 e. The normalized spacial score (nSPS) is 13.1. The molecule has 2 heterocycles. The molecule has 0 aliphatic carbocycles. The molecule has 1 aromatic heterocycles. The number of anilines is 1. The molecule has 2 aromatic carbocycles. The highest BCUT2D eigenvalue weighted by Crippen LogP contribution is 2.37. The minimum Gasteiger partial charge on any atom is -0.486 e. The Bertz CT molecular complexity index is 951. The molecule has 0 atom stereocenters. The van der Waals surface area contributed by atoms with Gasteiger partial charge in [-0.05, 0) is 30.7 Å². The highest BCUT2D eigenvalue weighted by molar-refractivity contribution is 7.21. The molecule has 0 saturated heterocycles. The summed E-state index contributed by atoms with van der Waals surface area (Å²) < 4.78 is 12.0. The fourth-order valence-electron chi connectivity index (χ4n) is 2.63. The van der Waals surface area contributed by atoms with Crippen LogP contribution in [0.3, 0.4) is 0 Å². The van der Waals surface area contributed by atoms with Crippen molar-refractivity contribution in [1.82, 2.24) is 0 Å². The number of carbonyl (C=O) groups is 1. The van der Waals surface area contributed by atoms with Crippen LogP contribution in [0.1, 0.15) is 15.2 Å². The SMILES string of the molecule is Cc1ccc2c(Cl)c(C(=O)Nc3ccc4c(c3)OCCO4)sc2c1. The lowest BCUT2D eigenvalue weighted by Gasteiger charge is -2.18. The first-order chi connectivity index (χ1) is 11.6. The van der Waals surface area contributed by atoms with E-state index in [2.05, 4.69) is 5.32 Å². The van der Waals surface area contributed by atoms with Crippen molar-refractivity contribution in [3.05, 3.63) is 51.9 Å². The Balaban J connectivity index is 1.63. The Morgan fingerprint density at radius 1 is 1.12 bits per heavy atom. The van der Waals surface area contributed by atoms with E-state index in [1.165, 1.54) is 11.3 Å². The van der Waals surface area contributed by atoms with Gasteiger partial charge in [0.25, 0.3) is 5.91 Å². The number of ether oxygens (including phenoxy) is 2. The number of halogens is 1. The summed E-state index contributed by atoms with van der Waals surface area (Å²) in [5, 5.41) is 4.27. The summed E-state index contributed by atoms with van der Waals surface area (Å²) in [7, 11) is 0. The second kappa shape index (κ2) is 6.00. The summed E-state index contributed by atoms with van der Waals surface area (Å²) in [4.78, 5) is 13.1. The highest BCUT2D eigenvalue weighted by Gasteiger charge is 2.18. The van der Waals surface area contributed by atoms with Crippen LogP contribution in [-0.2, 0) is 0 Å². The van der Waals surface area contributed by atoms with Crippen LogP contribution in [0.4, 0.5) is 5.69 Å². The predicted molar refractivity (Wildman–Crippen MR) is 97.0 cm³/mol. The minimum absolute atomic E-state index is 0.226. The summed E-state index contributed by atoms with van der Waals surface area (Å²) in [6.45, 7) is 3.06. The number of hydrogen-bond donors (Lipinski definition) is 1. The highest BCUT2D eigenvalue weighted by atomic mass is 35.5. The standard InChI is InChI=1S/C18H14ClNO3S/c1-10-2-4-12-15(8-10)24-17(16(12)19)18(21)20-11-3-5-13-14(9-11)23-7-6-22-13/h2-5,8-9H,6-7H2,1H3,(H,20,21). The topological polar surface area (TPSA) is 47.6 Å². The summed E-state index contributed by atoms with van der Waals surface area (Å²) in [6.07, 6.45) is 0. The number of aryl methyl sites for hydroxylation is 1. The van der Waals surface area contributed by atoms with Crippen LogP contribution in [0, 0.1) is 6.92 Å². The fourth-order valence-corrected chi connectivity index (χ4v) is 4.14. The Kier molecular flexibility index (Phi) is 3.82. The quantitative estimate of drug-likeness (QED) is 0.708. The molecule has 6 heteroatoms. The van der Waals surface area contributed by atoms with Crippen molar-refractivity contribution < 1.29 is 14.3 Å². The van der Waals surface area contributed by atoms with Crippen LogP contribution in [0.15, 0.2) is 36.4 Å². The van der Waals surface area contributed by atoms with E-state index in [0.717, 1.165) is 15.6 Å². The molecule has 122 valence electrons. The summed E-state index contributed by atoms with van der Waals surface area (Å²) >= 11 is 7.79. The zero-order valence-corrected chi connectivity index (χ0v) is 14.5. The first-order valence-corrected chi connectivity index (χ1v) is 8.71. The van der Waals surface area contributed by atoms with Gasteiger partial charge in [0.2, 0.25) is 0 Å². The van der Waals surface area contributed by atoms with Crippen molar-refractivity contribution in [2.24, 2.45) is 0 Å². The van der Waals surface area contributed by atoms with Gasteiger partial charge >= 0.3 is 0 Å². The predicted octanol–water partition coefficient (Wildman–Crippen LogP) is 4.89. The number of thiophene rings is 1. The third kappa shape index (κ3) is 2.70. The number of carbonyl (C=O) groups excluding carboxylic acids is 1. The van der Waals surface area contributed by atoms with Crippen molar-refractivity contribution in [2.45, 2.75) is 6.92 Å². The van der Waals surface area contributed by atoms with Crippen molar-refractivity contribution >= 4 is 44.6 Å². The van der Waals surface area contributed by atoms with Crippen LogP contribution < -0.4 is 14.8 Å². The Morgan fingerprint density at radius 2 is 1.92 bits per heavy atom. The summed E-state index contributed by atoms with van der Waals surface area (Å²) in [5.74, 6) is 1.10. The zero-order chi connectivity index (χ0) is 16.7. The van der Waals surface area contributed by atoms with Gasteiger partial charge in [-0.1, -0.05) is 23.7 Å². The minimum atomic E-state index is -0.226. The molecular formula is C18H14ClNO3S. The monoisotopic (exact) mass is 359 g/mol. The van der Waals surface area contributed by atoms with Gasteiger partial charge in [0.1, 0.15) is 18.1 Å². The van der Waals surface area contributed by atoms with Gasteiger partial charge < -0.3 is 14.8 Å². The van der Waals surface area contributed by atoms with Gasteiger partial charge in [0.15, 0.2) is 11.5 Å². The van der Waals surface area contributed by atoms with E-state index in [4.69, 9.17) is 21.1 Å². The molecular weight excluding hydrogens is 346 g/mol. The lowest BCUT2D eigenvalue weighted by Crippen LogP contribution is -2.16. The van der Waals surface area contributed by atoms with Crippen molar-refractivity contribution in [3.63, 3.8) is 0 Å². The van der Waals surface area contributed by atoms with E-state index in [1.807, 2.05) is 25.1 Å². The first kappa shape index (κ1) is 15.3. The first-order valence-electron chi connectivity index (χ1n) is 7.51. The van der Waals surface area contributed by atoms with Crippen LogP contribution in [0.25, 0.3) is 10.1 Å². The molecule has 4 rings (SSSR count). The molecule has 0 unspecified atom stereocenters. The van der Waals surface area contributed by atoms with Crippen molar-refractivity contribution in [2.75, 3.05) is 18.5 Å². The number of fused-ring (bicyclic) bond motifs is 2. The van der Waals surface area contributed by atoms with Gasteiger partial charge in [-0.15, -0.1) is 11.3 Å². The van der Waals surface area contributed by atoms with Gasteiger partial charge in [-0.25, -0.2) is 0 Å². The van der Waals surface area contributed by atoms with Crippen molar-refractivity contribution in [3.8, 4) is 11.5 Å². The third-order valence-corrected chi connectivity index (χ3v) is 5.45. The zero-order valence-electron chi connectivity index (χ0n) is 12.9. The molecule has 1 amide bonds. The van der Waals surface area contributed by atoms with Gasteiger partial charge in [-0.2, -0.15) is 0 Å². The third-order valence-electron chi connectivity index (χ3n) is 3.79. The maximum atomic E-state index is 12.6. The molecule has 1 aliphatic rings. The Morgan fingerprint density at radius 3 is 2.75 bits per heavy atom. The number of benzene rings is 2. The van der Waals surface area contributed by atoms with Crippen LogP contribution in [0.5, 0.6) is 11.5 Å². The molecule has 24 heavy (non-hydrogen) atoms. The van der Waals surface area contributed by atoms with E-state index in [-0.39, 0.29) is 5.91 Å². The fraction of sp³-hybridized carbons (Fsp3) is 0.167. The molecule has 0 spiro atoms. The van der Waals surface area contributed by atoms with E-state index in [0.29, 0.717) is 40.3 Å². The van der Waals surface area contributed by atoms with E-state index in [9.17, 15) is 4.79 Å². The maximum Gasteiger partial charge on any atom is 0.267 e. The maximum absolute atomic E-state index is 12.6. The van der Waals surface area contributed by atoms with Gasteiger partial charge in [-0.3, -0.25) is 4.79 Å². The molecule has 4 nitrogen and oxygen atoms in total. The van der Waals surface area contributed by atoms with E-state index < -0.39 is 0 Å². The average Bonchev–Trinajstić information content (AvgIpc) is 2.91. The van der Waals surface area contributed by atoms with Crippen LogP contribution in [0.2, 0.25) is 5.02 Å². The number of hydrogen-bond acceptors (Lipinski definition) is 4. The lowest BCUT2D eigenvalue weighted by atomic mass is 10.2. The van der Waals surface area contributed by atoms with E-state index in [1.54, 1.807) is 18.2 Å². The molecule has 1 aliphatic heterocycles. The second-order valence-corrected chi connectivity index (χ2v) is 6.99. The van der Waals surface area contributed by atoms with Crippen LogP contribution >= 0.6 is 22.9 Å². The summed E-state index contributed by atoms with van der Waals surface area (Å²) in [6, 6.07) is 11.3. The molecule has 0 radical (unpaired) electrons. The smallest absolute Gasteiger partial charge is 0.267 e. The van der Waals surface area contributed by atoms with Crippen LogP contribution in [-0.4, -0.2) is 19.1 Å². The average molecular weight is 360 g/mol. The second-order valence-electron chi connectivity index (χ2n) is 5.56. The number of amides is 1. The number of rotatable bonds is 2. The molecule has 0 bridgehead atoms. The molecule has 0 saturated carbocycles. The Hall–Kier alpha value is -2.24. The van der Waals surface area contributed by atoms with E-state index >= 15 is 0 Å². The molecule has 0 fully saturated rings. The van der Waals surface area contributed by atoms with Gasteiger partial charge in [0, 0.05) is 21.8 Å². The molecule has 3 aromatic rings. The molecule has 1 N–H and O–H groups in total. The number of nitrogens with one attached hydrogen (secondary N) is 1. The summed E-state index contributed by atoms with van der Waals surface area (Å²) in [5.41, 5.74) is 1.79. The Labute approximate surface area is 148 Å². The van der Waals surface area contributed by atoms with Gasteiger partial charge in [0.05, 0.1) is 5.02 Å².